The highest BCUT2D eigenvalue weighted by molar-refractivity contribution is 7.94. The summed E-state index contributed by atoms with van der Waals surface area (Å²) in [5, 5.41) is 8.90. The van der Waals surface area contributed by atoms with Gasteiger partial charge in [-0.15, -0.1) is 0 Å². The minimum absolute atomic E-state index is 0.00713. The third-order valence-electron chi connectivity index (χ3n) is 5.26. The van der Waals surface area contributed by atoms with Gasteiger partial charge in [-0.3, -0.25) is 4.79 Å². The number of amides is 1. The molecule has 0 saturated heterocycles. The number of alkyl halides is 3. The van der Waals surface area contributed by atoms with Gasteiger partial charge >= 0.3 is 21.5 Å². The number of benzene rings is 2. The molecular weight excluding hydrogens is 574 g/mol. The molecule has 0 fully saturated rings. The highest BCUT2D eigenvalue weighted by Crippen LogP contribution is 2.35. The number of aromatic nitrogens is 2. The zero-order chi connectivity index (χ0) is 28.3. The molecule has 9 nitrogen and oxygen atoms in total. The Morgan fingerprint density at radius 2 is 1.84 bits per heavy atom. The molecular formula is C23H20Cl2F3N3O6S. The maximum atomic E-state index is 13.0. The molecule has 0 aliphatic carbocycles. The molecule has 0 unspecified atom stereocenters. The van der Waals surface area contributed by atoms with Crippen molar-refractivity contribution in [3.63, 3.8) is 0 Å². The molecule has 0 saturated carbocycles. The first-order valence-corrected chi connectivity index (χ1v) is 13.0. The molecule has 0 atom stereocenters. The van der Waals surface area contributed by atoms with Gasteiger partial charge in [-0.05, 0) is 30.2 Å². The lowest BCUT2D eigenvalue weighted by atomic mass is 10.2. The largest absolute Gasteiger partial charge is 0.517 e. The number of hydrogen-bond donors (Lipinski definition) is 1. The molecule has 204 valence electrons. The summed E-state index contributed by atoms with van der Waals surface area (Å²) in [7, 11) is -6.00. The normalized spacial score (nSPS) is 11.8. The van der Waals surface area contributed by atoms with E-state index in [2.05, 4.69) is 4.98 Å². The SMILES string of the molecule is CCCc1nc(C(=O)O)c(Cl)n1Cc1ccc(OCc2cccc(N(C=O)S(=O)(=O)C(F)(F)F)c2Cl)cc1. The number of carbonyl (C=O) groups is 2. The van der Waals surface area contributed by atoms with Crippen molar-refractivity contribution in [1.29, 1.82) is 0 Å². The minimum atomic E-state index is -6.00. The first-order chi connectivity index (χ1) is 17.8. The van der Waals surface area contributed by atoms with E-state index in [1.54, 1.807) is 28.8 Å². The molecule has 3 aromatic rings. The Balaban J connectivity index is 1.77. The van der Waals surface area contributed by atoms with Crippen molar-refractivity contribution in [2.45, 2.75) is 38.4 Å². The summed E-state index contributed by atoms with van der Waals surface area (Å²) in [6, 6.07) is 10.2. The summed E-state index contributed by atoms with van der Waals surface area (Å²) in [5.74, 6) is -0.353. The van der Waals surface area contributed by atoms with Crippen LogP contribution in [0.3, 0.4) is 0 Å². The van der Waals surface area contributed by atoms with Gasteiger partial charge in [-0.2, -0.15) is 21.6 Å². The summed E-state index contributed by atoms with van der Waals surface area (Å²) < 4.78 is 69.1. The zero-order valence-electron chi connectivity index (χ0n) is 19.6. The van der Waals surface area contributed by atoms with E-state index < -0.39 is 42.9 Å². The molecule has 2 aromatic carbocycles. The number of ether oxygens (including phenoxy) is 1. The second kappa shape index (κ2) is 11.6. The van der Waals surface area contributed by atoms with E-state index in [1.165, 1.54) is 12.1 Å². The maximum Gasteiger partial charge on any atom is 0.517 e. The van der Waals surface area contributed by atoms with E-state index in [0.717, 1.165) is 18.1 Å². The molecule has 3 rings (SSSR count). The number of carboxylic acid groups (broad SMARTS) is 1. The highest BCUT2D eigenvalue weighted by atomic mass is 35.5. The third-order valence-corrected chi connectivity index (χ3v) is 7.47. The Labute approximate surface area is 225 Å². The molecule has 1 heterocycles. The predicted molar refractivity (Wildman–Crippen MR) is 133 cm³/mol. The van der Waals surface area contributed by atoms with Gasteiger partial charge in [0.25, 0.3) is 0 Å². The monoisotopic (exact) mass is 593 g/mol. The average Bonchev–Trinajstić information content (AvgIpc) is 3.15. The Morgan fingerprint density at radius 1 is 1.18 bits per heavy atom. The molecule has 0 aliphatic rings. The van der Waals surface area contributed by atoms with Gasteiger partial charge in [0.1, 0.15) is 23.3 Å². The van der Waals surface area contributed by atoms with Crippen LogP contribution in [-0.4, -0.2) is 41.0 Å². The van der Waals surface area contributed by atoms with Crippen molar-refractivity contribution in [1.82, 2.24) is 9.55 Å². The molecule has 1 amide bonds. The number of anilines is 1. The molecule has 38 heavy (non-hydrogen) atoms. The summed E-state index contributed by atoms with van der Waals surface area (Å²) in [6.45, 7) is 1.92. The molecule has 1 N–H and O–H groups in total. The predicted octanol–water partition coefficient (Wildman–Crippen LogP) is 5.28. The van der Waals surface area contributed by atoms with Gasteiger partial charge in [0, 0.05) is 12.0 Å². The van der Waals surface area contributed by atoms with Crippen LogP contribution in [0.2, 0.25) is 10.2 Å². The number of hydrogen-bond acceptors (Lipinski definition) is 6. The summed E-state index contributed by atoms with van der Waals surface area (Å²) in [4.78, 5) is 26.7. The van der Waals surface area contributed by atoms with Crippen molar-refractivity contribution in [3.8, 4) is 5.75 Å². The topological polar surface area (TPSA) is 119 Å². The number of imidazole rings is 1. The lowest BCUT2D eigenvalue weighted by Crippen LogP contribution is -2.40. The van der Waals surface area contributed by atoms with Gasteiger partial charge in [0.2, 0.25) is 6.41 Å². The highest BCUT2D eigenvalue weighted by Gasteiger charge is 2.51. The number of aromatic carboxylic acids is 1. The number of aryl methyl sites for hydroxylation is 1. The van der Waals surface area contributed by atoms with Gasteiger partial charge < -0.3 is 14.4 Å². The number of carboxylic acids is 1. The third kappa shape index (κ3) is 6.05. The van der Waals surface area contributed by atoms with Crippen molar-refractivity contribution in [2.75, 3.05) is 4.31 Å². The lowest BCUT2D eigenvalue weighted by Gasteiger charge is -2.21. The molecule has 0 radical (unpaired) electrons. The smallest absolute Gasteiger partial charge is 0.489 e. The zero-order valence-corrected chi connectivity index (χ0v) is 21.9. The number of rotatable bonds is 11. The van der Waals surface area contributed by atoms with Crippen molar-refractivity contribution in [2.24, 2.45) is 0 Å². The number of sulfonamides is 1. The van der Waals surface area contributed by atoms with Gasteiger partial charge in [0.05, 0.1) is 17.3 Å². The van der Waals surface area contributed by atoms with Crippen LogP contribution in [0.4, 0.5) is 18.9 Å². The van der Waals surface area contributed by atoms with Crippen LogP contribution in [0, 0.1) is 0 Å². The Bertz CT molecular complexity index is 1440. The fraction of sp³-hybridized carbons (Fsp3) is 0.261. The fourth-order valence-corrected chi connectivity index (χ4v) is 4.77. The Morgan fingerprint density at radius 3 is 2.39 bits per heavy atom. The van der Waals surface area contributed by atoms with Gasteiger partial charge in [0.15, 0.2) is 5.69 Å². The quantitative estimate of drug-likeness (QED) is 0.300. The molecule has 0 aliphatic heterocycles. The Hall–Kier alpha value is -3.29. The van der Waals surface area contributed by atoms with Crippen LogP contribution in [0.1, 0.15) is 40.8 Å². The fourth-order valence-electron chi connectivity index (χ4n) is 3.42. The molecule has 0 spiro atoms. The lowest BCUT2D eigenvalue weighted by molar-refractivity contribution is -0.107. The summed E-state index contributed by atoms with van der Waals surface area (Å²) >= 11 is 12.4. The first kappa shape index (κ1) is 29.3. The number of nitrogens with zero attached hydrogens (tertiary/aromatic N) is 3. The summed E-state index contributed by atoms with van der Waals surface area (Å²) in [5.41, 5.74) is -5.72. The first-order valence-electron chi connectivity index (χ1n) is 10.8. The maximum absolute atomic E-state index is 13.0. The van der Waals surface area contributed by atoms with Crippen LogP contribution in [0.15, 0.2) is 42.5 Å². The minimum Gasteiger partial charge on any atom is -0.489 e. The van der Waals surface area contributed by atoms with Gasteiger partial charge in [-0.1, -0.05) is 54.4 Å². The van der Waals surface area contributed by atoms with E-state index in [1.807, 2.05) is 6.92 Å². The van der Waals surface area contributed by atoms with Crippen molar-refractivity contribution < 1.29 is 41.0 Å². The van der Waals surface area contributed by atoms with Crippen LogP contribution < -0.4 is 9.04 Å². The molecule has 1 aromatic heterocycles. The number of halogens is 5. The van der Waals surface area contributed by atoms with Crippen LogP contribution >= 0.6 is 23.2 Å². The van der Waals surface area contributed by atoms with Crippen LogP contribution in [0.25, 0.3) is 0 Å². The van der Waals surface area contributed by atoms with Crippen LogP contribution in [0.5, 0.6) is 5.75 Å². The summed E-state index contributed by atoms with van der Waals surface area (Å²) in [6.07, 6.45) is 0.779. The molecule has 15 heteroatoms. The van der Waals surface area contributed by atoms with Crippen molar-refractivity contribution >= 4 is 51.3 Å². The Kier molecular flexibility index (Phi) is 8.95. The second-order valence-corrected chi connectivity index (χ2v) is 10.4. The molecule has 0 bridgehead atoms. The number of carbonyl (C=O) groups excluding carboxylic acids is 1. The van der Waals surface area contributed by atoms with E-state index in [0.29, 0.717) is 18.0 Å². The van der Waals surface area contributed by atoms with Crippen molar-refractivity contribution in [3.05, 3.63) is 75.3 Å². The van der Waals surface area contributed by atoms with E-state index in [-0.39, 0.29) is 29.6 Å². The standard InChI is InChI=1S/C23H20Cl2F3N3O6S/c1-2-4-18-29-20(22(33)34)21(25)30(18)11-14-7-9-16(10-8-14)37-12-15-5-3-6-17(19(15)24)31(13-32)38(35,36)23(26,27)28/h3,5-10,13H,2,4,11-12H2,1H3,(H,33,34). The van der Waals surface area contributed by atoms with Crippen LogP contribution in [-0.2, 0) is 34.4 Å². The van der Waals surface area contributed by atoms with E-state index in [9.17, 15) is 36.3 Å². The average molecular weight is 594 g/mol. The van der Waals surface area contributed by atoms with Gasteiger partial charge in [-0.25, -0.2) is 14.1 Å². The second-order valence-electron chi connectivity index (χ2n) is 7.84. The van der Waals surface area contributed by atoms with E-state index >= 15 is 0 Å². The van der Waals surface area contributed by atoms with E-state index in [4.69, 9.17) is 27.9 Å².